The van der Waals surface area contributed by atoms with Gasteiger partial charge in [-0.1, -0.05) is 13.8 Å². The lowest BCUT2D eigenvalue weighted by molar-refractivity contribution is -0.120. The van der Waals surface area contributed by atoms with E-state index in [1.165, 1.54) is 0 Å². The Morgan fingerprint density at radius 3 is 2.29 bits per heavy atom. The van der Waals surface area contributed by atoms with Gasteiger partial charge in [0.1, 0.15) is 5.78 Å². The van der Waals surface area contributed by atoms with Gasteiger partial charge < -0.3 is 9.64 Å². The number of ketones is 1. The summed E-state index contributed by atoms with van der Waals surface area (Å²) in [4.78, 5) is 13.6. The molecule has 3 nitrogen and oxygen atoms in total. The Labute approximate surface area is 87.4 Å². The molecule has 0 amide bonds. The van der Waals surface area contributed by atoms with Gasteiger partial charge in [-0.25, -0.2) is 0 Å². The zero-order valence-corrected chi connectivity index (χ0v) is 9.71. The van der Waals surface area contributed by atoms with Crippen molar-refractivity contribution in [2.24, 2.45) is 0 Å². The predicted octanol–water partition coefficient (Wildman–Crippen LogP) is 1.71. The first-order chi connectivity index (χ1) is 6.74. The second-order valence-electron chi connectivity index (χ2n) is 3.26. The lowest BCUT2D eigenvalue weighted by atomic mass is 10.2. The average molecular weight is 201 g/mol. The van der Waals surface area contributed by atoms with Crippen LogP contribution in [0.4, 0.5) is 0 Å². The Morgan fingerprint density at radius 2 is 1.79 bits per heavy atom. The molecule has 0 aliphatic heterocycles. The number of carbonyl (C=O) groups is 1. The zero-order valence-electron chi connectivity index (χ0n) is 9.71. The van der Waals surface area contributed by atoms with Crippen LogP contribution in [-0.2, 0) is 9.53 Å². The van der Waals surface area contributed by atoms with E-state index in [2.05, 4.69) is 18.7 Å². The maximum Gasteiger partial charge on any atom is 0.136 e. The number of ether oxygens (including phenoxy) is 1. The SMILES string of the molecule is CCOCCC(=O)CCN(CC)CC. The van der Waals surface area contributed by atoms with E-state index in [4.69, 9.17) is 4.74 Å². The third-order valence-corrected chi connectivity index (χ3v) is 2.33. The molecular formula is C11H23NO2. The van der Waals surface area contributed by atoms with Crippen LogP contribution in [0.25, 0.3) is 0 Å². The molecule has 0 spiro atoms. The Balaban J connectivity index is 3.42. The fourth-order valence-electron chi connectivity index (χ4n) is 1.28. The second-order valence-corrected chi connectivity index (χ2v) is 3.26. The first-order valence-electron chi connectivity index (χ1n) is 5.56. The first kappa shape index (κ1) is 13.6. The van der Waals surface area contributed by atoms with Crippen molar-refractivity contribution in [3.63, 3.8) is 0 Å². The molecule has 0 rings (SSSR count). The molecule has 14 heavy (non-hydrogen) atoms. The zero-order chi connectivity index (χ0) is 10.8. The van der Waals surface area contributed by atoms with Crippen molar-refractivity contribution in [2.75, 3.05) is 32.8 Å². The monoisotopic (exact) mass is 201 g/mol. The summed E-state index contributed by atoms with van der Waals surface area (Å²) in [5.41, 5.74) is 0. The van der Waals surface area contributed by atoms with Crippen molar-refractivity contribution >= 4 is 5.78 Å². The summed E-state index contributed by atoms with van der Waals surface area (Å²) in [5.74, 6) is 0.311. The van der Waals surface area contributed by atoms with Crippen LogP contribution in [0.3, 0.4) is 0 Å². The Bertz CT molecular complexity index is 144. The van der Waals surface area contributed by atoms with Crippen LogP contribution in [0.2, 0.25) is 0 Å². The quantitative estimate of drug-likeness (QED) is 0.532. The molecule has 0 aromatic rings. The minimum absolute atomic E-state index is 0.311. The van der Waals surface area contributed by atoms with Gasteiger partial charge in [-0.15, -0.1) is 0 Å². The summed E-state index contributed by atoms with van der Waals surface area (Å²) in [5, 5.41) is 0. The number of carbonyl (C=O) groups excluding carboxylic acids is 1. The number of hydrogen-bond acceptors (Lipinski definition) is 3. The fourth-order valence-corrected chi connectivity index (χ4v) is 1.28. The summed E-state index contributed by atoms with van der Waals surface area (Å²) in [7, 11) is 0. The highest BCUT2D eigenvalue weighted by Crippen LogP contribution is 1.95. The highest BCUT2D eigenvalue weighted by molar-refractivity contribution is 5.78. The van der Waals surface area contributed by atoms with Crippen LogP contribution >= 0.6 is 0 Å². The van der Waals surface area contributed by atoms with Gasteiger partial charge in [-0.3, -0.25) is 4.79 Å². The van der Waals surface area contributed by atoms with Gasteiger partial charge in [0.15, 0.2) is 0 Å². The van der Waals surface area contributed by atoms with E-state index in [0.717, 1.165) is 19.6 Å². The molecule has 0 heterocycles. The molecule has 0 radical (unpaired) electrons. The maximum atomic E-state index is 11.3. The highest BCUT2D eigenvalue weighted by atomic mass is 16.5. The number of hydrogen-bond donors (Lipinski definition) is 0. The van der Waals surface area contributed by atoms with Crippen LogP contribution in [0.1, 0.15) is 33.6 Å². The molecule has 0 bridgehead atoms. The predicted molar refractivity (Wildman–Crippen MR) is 58.5 cm³/mol. The van der Waals surface area contributed by atoms with E-state index < -0.39 is 0 Å². The lowest BCUT2D eigenvalue weighted by Crippen LogP contribution is -2.25. The molecule has 0 unspecified atom stereocenters. The largest absolute Gasteiger partial charge is 0.381 e. The normalized spacial score (nSPS) is 10.9. The van der Waals surface area contributed by atoms with Gasteiger partial charge in [0.05, 0.1) is 6.61 Å². The van der Waals surface area contributed by atoms with Crippen molar-refractivity contribution in [3.8, 4) is 0 Å². The van der Waals surface area contributed by atoms with E-state index >= 15 is 0 Å². The summed E-state index contributed by atoms with van der Waals surface area (Å²) in [6.45, 7) is 10.4. The third kappa shape index (κ3) is 7.04. The van der Waals surface area contributed by atoms with Crippen molar-refractivity contribution in [1.82, 2.24) is 4.90 Å². The molecule has 0 atom stereocenters. The van der Waals surface area contributed by atoms with Gasteiger partial charge in [0.25, 0.3) is 0 Å². The second kappa shape index (κ2) is 9.16. The first-order valence-corrected chi connectivity index (χ1v) is 5.56. The van der Waals surface area contributed by atoms with Crippen LogP contribution in [0, 0.1) is 0 Å². The molecule has 0 fully saturated rings. The fraction of sp³-hybridized carbons (Fsp3) is 0.909. The van der Waals surface area contributed by atoms with Crippen molar-refractivity contribution in [2.45, 2.75) is 33.6 Å². The van der Waals surface area contributed by atoms with Gasteiger partial charge in [-0.2, -0.15) is 0 Å². The van der Waals surface area contributed by atoms with Crippen LogP contribution in [0.15, 0.2) is 0 Å². The van der Waals surface area contributed by atoms with Gasteiger partial charge >= 0.3 is 0 Å². The smallest absolute Gasteiger partial charge is 0.136 e. The molecular weight excluding hydrogens is 178 g/mol. The van der Waals surface area contributed by atoms with E-state index in [0.29, 0.717) is 31.8 Å². The number of rotatable bonds is 9. The molecule has 0 saturated carbocycles. The molecule has 0 aromatic carbocycles. The minimum Gasteiger partial charge on any atom is -0.381 e. The molecule has 0 aromatic heterocycles. The molecule has 0 N–H and O–H groups in total. The molecule has 84 valence electrons. The summed E-state index contributed by atoms with van der Waals surface area (Å²) in [6, 6.07) is 0. The van der Waals surface area contributed by atoms with Crippen molar-refractivity contribution in [1.29, 1.82) is 0 Å². The molecule has 3 heteroatoms. The lowest BCUT2D eigenvalue weighted by Gasteiger charge is -2.16. The summed E-state index contributed by atoms with van der Waals surface area (Å²) < 4.78 is 5.13. The average Bonchev–Trinajstić information content (AvgIpc) is 2.20. The van der Waals surface area contributed by atoms with Gasteiger partial charge in [0, 0.05) is 26.0 Å². The van der Waals surface area contributed by atoms with Crippen LogP contribution in [0.5, 0.6) is 0 Å². The highest BCUT2D eigenvalue weighted by Gasteiger charge is 2.04. The van der Waals surface area contributed by atoms with E-state index in [-0.39, 0.29) is 0 Å². The molecule has 0 aliphatic rings. The number of Topliss-reactive ketones (excluding diaryl/α,β-unsaturated/α-hetero) is 1. The Morgan fingerprint density at radius 1 is 1.14 bits per heavy atom. The van der Waals surface area contributed by atoms with Gasteiger partial charge in [0.2, 0.25) is 0 Å². The maximum absolute atomic E-state index is 11.3. The third-order valence-electron chi connectivity index (χ3n) is 2.33. The van der Waals surface area contributed by atoms with Crippen LogP contribution < -0.4 is 0 Å². The molecule has 0 aliphatic carbocycles. The van der Waals surface area contributed by atoms with Crippen molar-refractivity contribution in [3.05, 3.63) is 0 Å². The minimum atomic E-state index is 0.311. The Kier molecular flexibility index (Phi) is 8.89. The van der Waals surface area contributed by atoms with E-state index in [1.54, 1.807) is 0 Å². The molecule has 0 saturated heterocycles. The van der Waals surface area contributed by atoms with Crippen LogP contribution in [-0.4, -0.2) is 43.5 Å². The van der Waals surface area contributed by atoms with Crippen molar-refractivity contribution < 1.29 is 9.53 Å². The van der Waals surface area contributed by atoms with E-state index in [9.17, 15) is 4.79 Å². The van der Waals surface area contributed by atoms with Gasteiger partial charge in [-0.05, 0) is 20.0 Å². The number of nitrogens with zero attached hydrogens (tertiary/aromatic N) is 1. The summed E-state index contributed by atoms with van der Waals surface area (Å²) in [6.07, 6.45) is 1.23. The summed E-state index contributed by atoms with van der Waals surface area (Å²) >= 11 is 0. The van der Waals surface area contributed by atoms with E-state index in [1.807, 2.05) is 6.92 Å². The standard InChI is InChI=1S/C11H23NO2/c1-4-12(5-2)9-7-11(13)8-10-14-6-3/h4-10H2,1-3H3. The Hall–Kier alpha value is -0.410. The topological polar surface area (TPSA) is 29.5 Å².